The van der Waals surface area contributed by atoms with Crippen molar-refractivity contribution in [1.82, 2.24) is 15.0 Å². The molecule has 0 bridgehead atoms. The third kappa shape index (κ3) is 4.77. The lowest BCUT2D eigenvalue weighted by molar-refractivity contribution is 0.285. The number of hydrogen-bond acceptors (Lipinski definition) is 6. The minimum Gasteiger partial charge on any atom is -0.493 e. The summed E-state index contributed by atoms with van der Waals surface area (Å²) >= 11 is 0. The lowest BCUT2D eigenvalue weighted by Crippen LogP contribution is -2.00. The van der Waals surface area contributed by atoms with Crippen molar-refractivity contribution in [2.75, 3.05) is 7.11 Å². The Balaban J connectivity index is 1.56. The molecule has 0 N–H and O–H groups in total. The van der Waals surface area contributed by atoms with Crippen molar-refractivity contribution < 1.29 is 14.2 Å². The van der Waals surface area contributed by atoms with Gasteiger partial charge in [0.25, 0.3) is 0 Å². The number of pyridine rings is 3. The van der Waals surface area contributed by atoms with Crippen LogP contribution in [0.4, 0.5) is 0 Å². The molecule has 2 aromatic carbocycles. The molecule has 35 heavy (non-hydrogen) atoms. The molecule has 6 heteroatoms. The normalized spacial score (nSPS) is 10.8. The first-order chi connectivity index (χ1) is 17.1. The molecule has 0 amide bonds. The highest BCUT2D eigenvalue weighted by molar-refractivity contribution is 5.88. The van der Waals surface area contributed by atoms with Gasteiger partial charge in [-0.05, 0) is 55.3 Å². The van der Waals surface area contributed by atoms with Gasteiger partial charge in [-0.1, -0.05) is 36.4 Å². The lowest BCUT2D eigenvalue weighted by atomic mass is 10.1. The second-order valence-corrected chi connectivity index (χ2v) is 8.16. The Morgan fingerprint density at radius 2 is 1.57 bits per heavy atom. The summed E-state index contributed by atoms with van der Waals surface area (Å²) in [7, 11) is 1.62. The van der Waals surface area contributed by atoms with Crippen LogP contribution >= 0.6 is 0 Å². The summed E-state index contributed by atoms with van der Waals surface area (Å²) in [6.07, 6.45) is 3.47. The summed E-state index contributed by atoms with van der Waals surface area (Å²) in [4.78, 5) is 13.8. The van der Waals surface area contributed by atoms with E-state index in [0.717, 1.165) is 33.4 Å². The van der Waals surface area contributed by atoms with Gasteiger partial charge in [-0.25, -0.2) is 4.98 Å². The largest absolute Gasteiger partial charge is 0.493 e. The van der Waals surface area contributed by atoms with Gasteiger partial charge in [0.2, 0.25) is 0 Å². The molecular weight excluding hydrogens is 438 g/mol. The third-order valence-electron chi connectivity index (χ3n) is 5.78. The summed E-state index contributed by atoms with van der Waals surface area (Å²) in [5.74, 6) is 2.50. The van der Waals surface area contributed by atoms with Crippen LogP contribution in [-0.2, 0) is 6.61 Å². The average Bonchev–Trinajstić information content (AvgIpc) is 2.90. The van der Waals surface area contributed by atoms with Gasteiger partial charge in [0, 0.05) is 29.5 Å². The van der Waals surface area contributed by atoms with Gasteiger partial charge in [0.1, 0.15) is 18.1 Å². The zero-order valence-corrected chi connectivity index (χ0v) is 19.9. The predicted octanol–water partition coefficient (Wildman–Crippen LogP) is 6.69. The molecule has 0 saturated heterocycles. The number of aromatic nitrogens is 3. The minimum absolute atomic E-state index is 0.421. The predicted molar refractivity (Wildman–Crippen MR) is 136 cm³/mol. The Kier molecular flexibility index (Phi) is 6.26. The zero-order chi connectivity index (χ0) is 24.2. The molecule has 0 spiro atoms. The van der Waals surface area contributed by atoms with Gasteiger partial charge in [0.15, 0.2) is 17.2 Å². The molecule has 3 aromatic heterocycles. The quantitative estimate of drug-likeness (QED) is 0.268. The zero-order valence-electron chi connectivity index (χ0n) is 19.9. The fourth-order valence-electron chi connectivity index (χ4n) is 3.79. The van der Waals surface area contributed by atoms with Crippen molar-refractivity contribution in [2.24, 2.45) is 0 Å². The van der Waals surface area contributed by atoms with Gasteiger partial charge in [-0.15, -0.1) is 0 Å². The Morgan fingerprint density at radius 1 is 0.743 bits per heavy atom. The van der Waals surface area contributed by atoms with E-state index in [2.05, 4.69) is 9.97 Å². The standard InChI is InChI=1S/C29H25N3O3/c1-19-15-28(29(32-20(19)2)23-11-7-8-13-30-23)35-25-12-14-31-24-17-26(33-3)27(16-22(24)25)34-18-21-9-5-4-6-10-21/h4-17H,18H2,1-3H3. The summed E-state index contributed by atoms with van der Waals surface area (Å²) in [5.41, 5.74) is 5.21. The SMILES string of the molecule is COc1cc2nccc(Oc3cc(C)c(C)nc3-c3ccccn3)c2cc1OCc1ccccc1. The first kappa shape index (κ1) is 22.3. The number of ether oxygens (including phenoxy) is 3. The monoisotopic (exact) mass is 463 g/mol. The molecule has 5 aromatic rings. The Morgan fingerprint density at radius 3 is 2.34 bits per heavy atom. The molecule has 0 atom stereocenters. The molecule has 0 unspecified atom stereocenters. The molecule has 0 saturated carbocycles. The lowest BCUT2D eigenvalue weighted by Gasteiger charge is -2.16. The number of hydrogen-bond donors (Lipinski definition) is 0. The Bertz CT molecular complexity index is 1470. The van der Waals surface area contributed by atoms with Crippen molar-refractivity contribution in [3.05, 3.63) is 102 Å². The van der Waals surface area contributed by atoms with Gasteiger partial charge in [-0.2, -0.15) is 0 Å². The molecule has 6 nitrogen and oxygen atoms in total. The molecule has 5 rings (SSSR count). The van der Waals surface area contributed by atoms with Crippen LogP contribution in [-0.4, -0.2) is 22.1 Å². The molecule has 0 aliphatic carbocycles. The van der Waals surface area contributed by atoms with Crippen LogP contribution in [0.25, 0.3) is 22.3 Å². The fraction of sp³-hybridized carbons (Fsp3) is 0.138. The number of fused-ring (bicyclic) bond motifs is 1. The summed E-state index contributed by atoms with van der Waals surface area (Å²) in [6.45, 7) is 4.42. The molecule has 0 aliphatic rings. The first-order valence-electron chi connectivity index (χ1n) is 11.3. The van der Waals surface area contributed by atoms with E-state index in [1.807, 2.05) is 86.6 Å². The highest BCUT2D eigenvalue weighted by Crippen LogP contribution is 2.39. The van der Waals surface area contributed by atoms with Crippen LogP contribution in [0.15, 0.2) is 85.2 Å². The maximum Gasteiger partial charge on any atom is 0.162 e. The smallest absolute Gasteiger partial charge is 0.162 e. The average molecular weight is 464 g/mol. The number of aryl methyl sites for hydroxylation is 2. The topological polar surface area (TPSA) is 66.4 Å². The first-order valence-corrected chi connectivity index (χ1v) is 11.3. The molecule has 174 valence electrons. The van der Waals surface area contributed by atoms with Gasteiger partial charge in [-0.3, -0.25) is 9.97 Å². The molecular formula is C29H25N3O3. The van der Waals surface area contributed by atoms with E-state index >= 15 is 0 Å². The number of methoxy groups -OCH3 is 1. The van der Waals surface area contributed by atoms with Crippen molar-refractivity contribution in [3.8, 4) is 34.4 Å². The van der Waals surface area contributed by atoms with Crippen molar-refractivity contribution in [2.45, 2.75) is 20.5 Å². The van der Waals surface area contributed by atoms with E-state index in [1.54, 1.807) is 19.5 Å². The van der Waals surface area contributed by atoms with Crippen LogP contribution in [0.2, 0.25) is 0 Å². The van der Waals surface area contributed by atoms with E-state index in [-0.39, 0.29) is 0 Å². The third-order valence-corrected chi connectivity index (χ3v) is 5.78. The van der Waals surface area contributed by atoms with Crippen LogP contribution < -0.4 is 14.2 Å². The van der Waals surface area contributed by atoms with E-state index in [0.29, 0.717) is 35.3 Å². The maximum atomic E-state index is 6.47. The minimum atomic E-state index is 0.421. The van der Waals surface area contributed by atoms with Crippen LogP contribution in [0.3, 0.4) is 0 Å². The van der Waals surface area contributed by atoms with Crippen LogP contribution in [0.5, 0.6) is 23.0 Å². The summed E-state index contributed by atoms with van der Waals surface area (Å²) < 4.78 is 18.2. The number of nitrogens with zero attached hydrogens (tertiary/aromatic N) is 3. The summed E-state index contributed by atoms with van der Waals surface area (Å²) in [5, 5.41) is 0.807. The molecule has 0 radical (unpaired) electrons. The fourth-order valence-corrected chi connectivity index (χ4v) is 3.79. The van der Waals surface area contributed by atoms with Gasteiger partial charge < -0.3 is 14.2 Å². The second-order valence-electron chi connectivity index (χ2n) is 8.16. The molecule has 0 aliphatic heterocycles. The van der Waals surface area contributed by atoms with Gasteiger partial charge in [0.05, 0.1) is 18.3 Å². The van der Waals surface area contributed by atoms with Crippen molar-refractivity contribution >= 4 is 10.9 Å². The van der Waals surface area contributed by atoms with Gasteiger partial charge >= 0.3 is 0 Å². The molecule has 3 heterocycles. The van der Waals surface area contributed by atoms with Crippen molar-refractivity contribution in [3.63, 3.8) is 0 Å². The van der Waals surface area contributed by atoms with E-state index in [1.165, 1.54) is 0 Å². The Hall–Kier alpha value is -4.45. The second kappa shape index (κ2) is 9.81. The molecule has 0 fully saturated rings. The van der Waals surface area contributed by atoms with E-state index in [4.69, 9.17) is 19.2 Å². The Labute approximate surface area is 204 Å². The highest BCUT2D eigenvalue weighted by atomic mass is 16.5. The highest BCUT2D eigenvalue weighted by Gasteiger charge is 2.16. The van der Waals surface area contributed by atoms with E-state index in [9.17, 15) is 0 Å². The summed E-state index contributed by atoms with van der Waals surface area (Å²) in [6, 6.07) is 23.4. The van der Waals surface area contributed by atoms with Crippen LogP contribution in [0.1, 0.15) is 16.8 Å². The maximum absolute atomic E-state index is 6.47. The number of benzene rings is 2. The number of rotatable bonds is 7. The van der Waals surface area contributed by atoms with Crippen molar-refractivity contribution in [1.29, 1.82) is 0 Å². The van der Waals surface area contributed by atoms with E-state index < -0.39 is 0 Å². The van der Waals surface area contributed by atoms with Crippen LogP contribution in [0, 0.1) is 13.8 Å².